The third-order valence-electron chi connectivity index (χ3n) is 2.40. The molecule has 0 saturated carbocycles. The Balaban J connectivity index is 2.27. The maximum atomic E-state index is 13.1. The third-order valence-corrected chi connectivity index (χ3v) is 3.01. The topological polar surface area (TPSA) is 29.9 Å². The van der Waals surface area contributed by atoms with E-state index in [0.29, 0.717) is 17.0 Å². The number of nitrogens with one attached hydrogen (secondary N) is 1. The molecular formula is C13H13BrFN3. The summed E-state index contributed by atoms with van der Waals surface area (Å²) in [6.07, 6.45) is 3.73. The molecular weight excluding hydrogens is 297 g/mol. The molecule has 1 heterocycles. The molecule has 0 aliphatic carbocycles. The van der Waals surface area contributed by atoms with E-state index in [9.17, 15) is 4.39 Å². The first-order chi connectivity index (χ1) is 8.60. The summed E-state index contributed by atoms with van der Waals surface area (Å²) in [7, 11) is 0. The molecule has 94 valence electrons. The normalized spacial score (nSPS) is 10.4. The van der Waals surface area contributed by atoms with Gasteiger partial charge in [0.15, 0.2) is 0 Å². The highest BCUT2D eigenvalue weighted by molar-refractivity contribution is 9.10. The van der Waals surface area contributed by atoms with Crippen LogP contribution in [0.4, 0.5) is 16.0 Å². The number of benzene rings is 1. The van der Waals surface area contributed by atoms with Gasteiger partial charge in [0.2, 0.25) is 5.95 Å². The number of anilines is 2. The molecule has 0 radical (unpaired) electrons. The number of nitrogens with zero attached hydrogens (tertiary/aromatic N) is 2. The van der Waals surface area contributed by atoms with E-state index >= 15 is 0 Å². The zero-order valence-corrected chi connectivity index (χ0v) is 11.5. The van der Waals surface area contributed by atoms with Gasteiger partial charge < -0.3 is 9.88 Å². The highest BCUT2D eigenvalue weighted by Gasteiger charge is 2.06. The number of halogens is 2. The van der Waals surface area contributed by atoms with Gasteiger partial charge in [0, 0.05) is 18.4 Å². The molecule has 0 unspecified atom stereocenters. The summed E-state index contributed by atoms with van der Waals surface area (Å²) in [5.41, 5.74) is 1.69. The predicted octanol–water partition coefficient (Wildman–Crippen LogP) is 4.02. The van der Waals surface area contributed by atoms with Crippen molar-refractivity contribution in [3.05, 3.63) is 53.0 Å². The molecule has 3 nitrogen and oxygen atoms in total. The third kappa shape index (κ3) is 2.79. The van der Waals surface area contributed by atoms with Gasteiger partial charge in [-0.2, -0.15) is 0 Å². The molecule has 18 heavy (non-hydrogen) atoms. The fraction of sp³-hybridized carbons (Fsp3) is 0.154. The molecule has 0 spiro atoms. The van der Waals surface area contributed by atoms with Gasteiger partial charge in [0.25, 0.3) is 0 Å². The molecule has 0 atom stereocenters. The Morgan fingerprint density at radius 3 is 3.00 bits per heavy atom. The molecule has 0 saturated heterocycles. The quantitative estimate of drug-likeness (QED) is 0.864. The molecule has 0 fully saturated rings. The van der Waals surface area contributed by atoms with Gasteiger partial charge >= 0.3 is 0 Å². The highest BCUT2D eigenvalue weighted by atomic mass is 79.9. The van der Waals surface area contributed by atoms with Crippen LogP contribution < -0.4 is 5.32 Å². The number of hydrogen-bond acceptors (Lipinski definition) is 2. The van der Waals surface area contributed by atoms with E-state index in [0.717, 1.165) is 11.4 Å². The number of hydrogen-bond donors (Lipinski definition) is 1. The van der Waals surface area contributed by atoms with Gasteiger partial charge in [-0.05, 0) is 41.1 Å². The minimum absolute atomic E-state index is 0.286. The van der Waals surface area contributed by atoms with E-state index in [1.54, 1.807) is 18.2 Å². The lowest BCUT2D eigenvalue weighted by atomic mass is 10.3. The predicted molar refractivity (Wildman–Crippen MR) is 74.5 cm³/mol. The number of allylic oxidation sites excluding steroid dienone is 1. The lowest BCUT2D eigenvalue weighted by Gasteiger charge is -2.08. The van der Waals surface area contributed by atoms with E-state index in [2.05, 4.69) is 32.8 Å². The Morgan fingerprint density at radius 2 is 2.33 bits per heavy atom. The molecule has 0 aliphatic heterocycles. The van der Waals surface area contributed by atoms with E-state index in [4.69, 9.17) is 0 Å². The molecule has 5 heteroatoms. The zero-order chi connectivity index (χ0) is 13.1. The largest absolute Gasteiger partial charge is 0.326 e. The summed E-state index contributed by atoms with van der Waals surface area (Å²) in [6.45, 7) is 6.30. The number of rotatable bonds is 4. The van der Waals surface area contributed by atoms with Crippen LogP contribution in [0.3, 0.4) is 0 Å². The molecule has 0 amide bonds. The maximum Gasteiger partial charge on any atom is 0.207 e. The van der Waals surface area contributed by atoms with Gasteiger partial charge in [-0.15, -0.1) is 6.58 Å². The summed E-state index contributed by atoms with van der Waals surface area (Å²) >= 11 is 3.16. The molecule has 1 aromatic heterocycles. The van der Waals surface area contributed by atoms with Gasteiger partial charge in [0.1, 0.15) is 5.82 Å². The van der Waals surface area contributed by atoms with Crippen LogP contribution in [0.5, 0.6) is 0 Å². The van der Waals surface area contributed by atoms with E-state index in [1.807, 2.05) is 17.7 Å². The number of imidazole rings is 1. The van der Waals surface area contributed by atoms with Crippen molar-refractivity contribution in [2.75, 3.05) is 5.32 Å². The molecule has 0 aliphatic rings. The van der Waals surface area contributed by atoms with Crippen molar-refractivity contribution in [1.29, 1.82) is 0 Å². The van der Waals surface area contributed by atoms with Crippen molar-refractivity contribution in [1.82, 2.24) is 9.55 Å². The second-order valence-corrected chi connectivity index (χ2v) is 4.76. The molecule has 2 aromatic rings. The van der Waals surface area contributed by atoms with Gasteiger partial charge in [0.05, 0.1) is 10.2 Å². The van der Waals surface area contributed by atoms with E-state index in [-0.39, 0.29) is 5.82 Å². The first kappa shape index (κ1) is 12.8. The first-order valence-electron chi connectivity index (χ1n) is 5.47. The van der Waals surface area contributed by atoms with Crippen molar-refractivity contribution in [2.24, 2.45) is 0 Å². The average Bonchev–Trinajstić information content (AvgIpc) is 2.65. The maximum absolute atomic E-state index is 13.1. The van der Waals surface area contributed by atoms with Crippen molar-refractivity contribution < 1.29 is 4.39 Å². The molecule has 1 aromatic carbocycles. The first-order valence-corrected chi connectivity index (χ1v) is 6.26. The summed E-state index contributed by atoms with van der Waals surface area (Å²) < 4.78 is 15.5. The lowest BCUT2D eigenvalue weighted by Crippen LogP contribution is -2.01. The molecule has 2 rings (SSSR count). The van der Waals surface area contributed by atoms with E-state index in [1.165, 1.54) is 6.07 Å². The Labute approximate surface area is 113 Å². The summed E-state index contributed by atoms with van der Waals surface area (Å²) in [5, 5.41) is 3.15. The summed E-state index contributed by atoms with van der Waals surface area (Å²) in [5.74, 6) is 0.428. The second-order valence-electron chi connectivity index (χ2n) is 3.90. The van der Waals surface area contributed by atoms with Crippen molar-refractivity contribution >= 4 is 27.6 Å². The number of aryl methyl sites for hydroxylation is 1. The van der Waals surface area contributed by atoms with Crippen LogP contribution in [0.15, 0.2) is 41.5 Å². The molecule has 0 bridgehead atoms. The van der Waals surface area contributed by atoms with Crippen LogP contribution in [0.25, 0.3) is 0 Å². The smallest absolute Gasteiger partial charge is 0.207 e. The summed E-state index contributed by atoms with van der Waals surface area (Å²) in [6, 6.07) is 4.75. The Bertz CT molecular complexity index is 578. The van der Waals surface area contributed by atoms with Crippen LogP contribution in [0.1, 0.15) is 5.69 Å². The Hall–Kier alpha value is -1.62. The highest BCUT2D eigenvalue weighted by Crippen LogP contribution is 2.23. The van der Waals surface area contributed by atoms with Gasteiger partial charge in [-0.1, -0.05) is 6.08 Å². The second kappa shape index (κ2) is 5.35. The standard InChI is InChI=1S/C13H13BrFN3/c1-3-6-18-8-9(2)16-13(18)17-10-4-5-12(15)11(14)7-10/h3-5,7-8H,1,6H2,2H3,(H,16,17). The van der Waals surface area contributed by atoms with Gasteiger partial charge in [-0.3, -0.25) is 0 Å². The van der Waals surface area contributed by atoms with Crippen LogP contribution in [0.2, 0.25) is 0 Å². The minimum atomic E-state index is -0.286. The van der Waals surface area contributed by atoms with Gasteiger partial charge in [-0.25, -0.2) is 9.37 Å². The van der Waals surface area contributed by atoms with Crippen LogP contribution in [0, 0.1) is 12.7 Å². The van der Waals surface area contributed by atoms with Crippen molar-refractivity contribution in [3.63, 3.8) is 0 Å². The lowest BCUT2D eigenvalue weighted by molar-refractivity contribution is 0.621. The van der Waals surface area contributed by atoms with E-state index < -0.39 is 0 Å². The zero-order valence-electron chi connectivity index (χ0n) is 9.95. The SMILES string of the molecule is C=CCn1cc(C)nc1Nc1ccc(F)c(Br)c1. The monoisotopic (exact) mass is 309 g/mol. The fourth-order valence-corrected chi connectivity index (χ4v) is 2.01. The number of aromatic nitrogens is 2. The average molecular weight is 310 g/mol. The van der Waals surface area contributed by atoms with Crippen LogP contribution in [-0.2, 0) is 6.54 Å². The Kier molecular flexibility index (Phi) is 3.81. The fourth-order valence-electron chi connectivity index (χ4n) is 1.63. The van der Waals surface area contributed by atoms with Crippen LogP contribution in [-0.4, -0.2) is 9.55 Å². The molecule has 1 N–H and O–H groups in total. The Morgan fingerprint density at radius 1 is 1.56 bits per heavy atom. The van der Waals surface area contributed by atoms with Crippen molar-refractivity contribution in [2.45, 2.75) is 13.5 Å². The van der Waals surface area contributed by atoms with Crippen molar-refractivity contribution in [3.8, 4) is 0 Å². The summed E-state index contributed by atoms with van der Waals surface area (Å²) in [4.78, 5) is 4.37. The van der Waals surface area contributed by atoms with Crippen LogP contribution >= 0.6 is 15.9 Å². The minimum Gasteiger partial charge on any atom is -0.326 e.